The zero-order valence-corrected chi connectivity index (χ0v) is 12.7. The molecule has 0 aliphatic rings. The van der Waals surface area contributed by atoms with Gasteiger partial charge in [-0.2, -0.15) is 0 Å². The van der Waals surface area contributed by atoms with Gasteiger partial charge in [0.05, 0.1) is 0 Å². The second-order valence-corrected chi connectivity index (χ2v) is 5.23. The van der Waals surface area contributed by atoms with Crippen LogP contribution in [-0.2, 0) is 6.61 Å². The van der Waals surface area contributed by atoms with Crippen LogP contribution in [0, 0.1) is 0 Å². The minimum atomic E-state index is 0.525. The minimum Gasteiger partial charge on any atom is -0.488 e. The Morgan fingerprint density at radius 1 is 1.20 bits per heavy atom. The van der Waals surface area contributed by atoms with Crippen molar-refractivity contribution in [1.82, 2.24) is 4.98 Å². The average molecular weight is 288 g/mol. The van der Waals surface area contributed by atoms with Crippen molar-refractivity contribution in [3.05, 3.63) is 48.2 Å². The number of para-hydroxylation sites is 1. The third kappa shape index (κ3) is 3.90. The van der Waals surface area contributed by atoms with Gasteiger partial charge >= 0.3 is 0 Å². The van der Waals surface area contributed by atoms with Crippen molar-refractivity contribution in [1.29, 1.82) is 0 Å². The van der Waals surface area contributed by atoms with Crippen LogP contribution in [0.5, 0.6) is 5.75 Å². The molecule has 0 atom stereocenters. The fourth-order valence-electron chi connectivity index (χ4n) is 1.85. The minimum absolute atomic E-state index is 0.525. The third-order valence-corrected chi connectivity index (χ3v) is 3.66. The van der Waals surface area contributed by atoms with Gasteiger partial charge in [-0.25, -0.2) is 4.98 Å². The van der Waals surface area contributed by atoms with E-state index in [1.54, 1.807) is 18.0 Å². The van der Waals surface area contributed by atoms with Gasteiger partial charge in [0.25, 0.3) is 0 Å². The Bertz CT molecular complexity index is 546. The fraction of sp³-hybridized carbons (Fsp3) is 0.312. The van der Waals surface area contributed by atoms with E-state index in [4.69, 9.17) is 4.74 Å². The van der Waals surface area contributed by atoms with Crippen molar-refractivity contribution in [3.8, 4) is 5.75 Å². The Kier molecular flexibility index (Phi) is 5.74. The highest BCUT2D eigenvalue weighted by atomic mass is 32.2. The summed E-state index contributed by atoms with van der Waals surface area (Å²) in [6.07, 6.45) is 4.93. The van der Waals surface area contributed by atoms with Crippen molar-refractivity contribution < 1.29 is 4.74 Å². The van der Waals surface area contributed by atoms with Crippen LogP contribution in [0.3, 0.4) is 0 Å². The van der Waals surface area contributed by atoms with E-state index in [1.807, 2.05) is 30.3 Å². The lowest BCUT2D eigenvalue weighted by molar-refractivity contribution is 0.299. The summed E-state index contributed by atoms with van der Waals surface area (Å²) in [6, 6.07) is 12.1. The van der Waals surface area contributed by atoms with Gasteiger partial charge in [0.2, 0.25) is 0 Å². The van der Waals surface area contributed by atoms with Gasteiger partial charge in [-0.1, -0.05) is 25.1 Å². The molecular formula is C16H20N2OS. The Balaban J connectivity index is 2.06. The molecule has 20 heavy (non-hydrogen) atoms. The molecule has 0 radical (unpaired) electrons. The summed E-state index contributed by atoms with van der Waals surface area (Å²) in [6.45, 7) is 3.59. The Hall–Kier alpha value is -1.68. The summed E-state index contributed by atoms with van der Waals surface area (Å²) in [5, 5.41) is 3.33. The molecule has 1 aromatic heterocycles. The van der Waals surface area contributed by atoms with Crippen LogP contribution in [0.25, 0.3) is 0 Å². The normalized spacial score (nSPS) is 10.3. The molecule has 0 amide bonds. The van der Waals surface area contributed by atoms with E-state index >= 15 is 0 Å². The molecule has 1 N–H and O–H groups in total. The SMILES string of the molecule is CCCNc1ncccc1COc1ccccc1SC. The number of benzene rings is 1. The lowest BCUT2D eigenvalue weighted by Gasteiger charge is -2.13. The van der Waals surface area contributed by atoms with E-state index in [-0.39, 0.29) is 0 Å². The molecule has 0 bridgehead atoms. The number of aromatic nitrogens is 1. The van der Waals surface area contributed by atoms with Gasteiger partial charge < -0.3 is 10.1 Å². The molecule has 2 rings (SSSR count). The summed E-state index contributed by atoms with van der Waals surface area (Å²) in [5.41, 5.74) is 1.08. The first-order valence-corrected chi connectivity index (χ1v) is 8.01. The summed E-state index contributed by atoms with van der Waals surface area (Å²) in [4.78, 5) is 5.53. The molecule has 0 unspecified atom stereocenters. The van der Waals surface area contributed by atoms with Gasteiger partial charge in [0.15, 0.2) is 0 Å². The number of hydrogen-bond donors (Lipinski definition) is 1. The molecule has 2 aromatic rings. The van der Waals surface area contributed by atoms with E-state index in [9.17, 15) is 0 Å². The molecule has 0 aliphatic heterocycles. The van der Waals surface area contributed by atoms with E-state index in [1.165, 1.54) is 0 Å². The van der Waals surface area contributed by atoms with Crippen molar-refractivity contribution in [2.45, 2.75) is 24.8 Å². The Morgan fingerprint density at radius 3 is 2.85 bits per heavy atom. The highest BCUT2D eigenvalue weighted by Gasteiger charge is 2.06. The zero-order valence-electron chi connectivity index (χ0n) is 11.9. The first-order valence-electron chi connectivity index (χ1n) is 6.78. The Labute approximate surface area is 124 Å². The van der Waals surface area contributed by atoms with Crippen LogP contribution in [0.1, 0.15) is 18.9 Å². The van der Waals surface area contributed by atoms with E-state index in [0.29, 0.717) is 6.61 Å². The predicted octanol–water partition coefficient (Wildman–Crippen LogP) is 4.20. The number of rotatable bonds is 7. The maximum Gasteiger partial charge on any atom is 0.133 e. The topological polar surface area (TPSA) is 34.2 Å². The molecule has 0 saturated heterocycles. The molecule has 1 heterocycles. The molecule has 1 aromatic carbocycles. The molecule has 4 heteroatoms. The van der Waals surface area contributed by atoms with Crippen molar-refractivity contribution in [3.63, 3.8) is 0 Å². The highest BCUT2D eigenvalue weighted by molar-refractivity contribution is 7.98. The largest absolute Gasteiger partial charge is 0.488 e. The van der Waals surface area contributed by atoms with E-state index in [0.717, 1.165) is 35.0 Å². The number of nitrogens with zero attached hydrogens (tertiary/aromatic N) is 1. The van der Waals surface area contributed by atoms with Crippen LogP contribution in [0.2, 0.25) is 0 Å². The second kappa shape index (κ2) is 7.80. The predicted molar refractivity (Wildman–Crippen MR) is 85.6 cm³/mol. The van der Waals surface area contributed by atoms with E-state index < -0.39 is 0 Å². The first-order chi connectivity index (χ1) is 9.85. The molecule has 3 nitrogen and oxygen atoms in total. The summed E-state index contributed by atoms with van der Waals surface area (Å²) >= 11 is 1.69. The highest BCUT2D eigenvalue weighted by Crippen LogP contribution is 2.28. The fourth-order valence-corrected chi connectivity index (χ4v) is 2.39. The monoisotopic (exact) mass is 288 g/mol. The maximum atomic E-state index is 5.93. The van der Waals surface area contributed by atoms with Gasteiger partial charge in [0.1, 0.15) is 18.2 Å². The zero-order chi connectivity index (χ0) is 14.2. The van der Waals surface area contributed by atoms with Gasteiger partial charge in [-0.3, -0.25) is 0 Å². The van der Waals surface area contributed by atoms with Crippen LogP contribution in [0.4, 0.5) is 5.82 Å². The number of pyridine rings is 1. The second-order valence-electron chi connectivity index (χ2n) is 4.38. The summed E-state index contributed by atoms with van der Waals surface area (Å²) in [7, 11) is 0. The van der Waals surface area contributed by atoms with Crippen molar-refractivity contribution in [2.24, 2.45) is 0 Å². The molecule has 106 valence electrons. The number of ether oxygens (including phenoxy) is 1. The smallest absolute Gasteiger partial charge is 0.133 e. The van der Waals surface area contributed by atoms with Crippen LogP contribution >= 0.6 is 11.8 Å². The van der Waals surface area contributed by atoms with Crippen molar-refractivity contribution in [2.75, 3.05) is 18.1 Å². The molecule has 0 saturated carbocycles. The maximum absolute atomic E-state index is 5.93. The number of thioether (sulfide) groups is 1. The lowest BCUT2D eigenvalue weighted by atomic mass is 10.2. The molecule has 0 spiro atoms. The van der Waals surface area contributed by atoms with Gasteiger partial charge in [0, 0.05) is 23.2 Å². The van der Waals surface area contributed by atoms with Gasteiger partial charge in [-0.05, 0) is 30.9 Å². The first kappa shape index (κ1) is 14.7. The van der Waals surface area contributed by atoms with E-state index in [2.05, 4.69) is 29.5 Å². The van der Waals surface area contributed by atoms with Crippen LogP contribution < -0.4 is 10.1 Å². The Morgan fingerprint density at radius 2 is 2.05 bits per heavy atom. The number of hydrogen-bond acceptors (Lipinski definition) is 4. The standard InChI is InChI=1S/C16H20N2OS/c1-3-10-17-16-13(7-6-11-18-16)12-19-14-8-4-5-9-15(14)20-2/h4-9,11H,3,10,12H2,1-2H3,(H,17,18). The molecule has 0 fully saturated rings. The number of anilines is 1. The average Bonchev–Trinajstić information content (AvgIpc) is 2.52. The van der Waals surface area contributed by atoms with Crippen molar-refractivity contribution >= 4 is 17.6 Å². The van der Waals surface area contributed by atoms with Crippen LogP contribution in [0.15, 0.2) is 47.5 Å². The number of nitrogens with one attached hydrogen (secondary N) is 1. The molecule has 0 aliphatic carbocycles. The van der Waals surface area contributed by atoms with Gasteiger partial charge in [-0.15, -0.1) is 11.8 Å². The lowest BCUT2D eigenvalue weighted by Crippen LogP contribution is -2.07. The molecular weight excluding hydrogens is 268 g/mol. The third-order valence-electron chi connectivity index (χ3n) is 2.89. The summed E-state index contributed by atoms with van der Waals surface area (Å²) in [5.74, 6) is 1.83. The summed E-state index contributed by atoms with van der Waals surface area (Å²) < 4.78 is 5.93. The van der Waals surface area contributed by atoms with Crippen LogP contribution in [-0.4, -0.2) is 17.8 Å². The quantitative estimate of drug-likeness (QED) is 0.774.